The fourth-order valence-electron chi connectivity index (χ4n) is 2.25. The van der Waals surface area contributed by atoms with Crippen LogP contribution in [0.25, 0.3) is 0 Å². The van der Waals surface area contributed by atoms with Crippen molar-refractivity contribution in [3.8, 4) is 11.5 Å². The number of halogens is 2. The molecule has 4 nitrogen and oxygen atoms in total. The number of carbonyl (C=O) groups is 1. The molecule has 2 aromatic carbocycles. The molecule has 1 aliphatic rings. The van der Waals surface area contributed by atoms with Crippen LogP contribution in [0.1, 0.15) is 15.9 Å². The van der Waals surface area contributed by atoms with E-state index in [-0.39, 0.29) is 12.7 Å². The molecule has 6 heteroatoms. The number of hydrogen-bond donors (Lipinski definition) is 0. The van der Waals surface area contributed by atoms with E-state index in [2.05, 4.69) is 15.9 Å². The molecule has 0 unspecified atom stereocenters. The summed E-state index contributed by atoms with van der Waals surface area (Å²) >= 11 is 3.27. The average molecular weight is 366 g/mol. The van der Waals surface area contributed by atoms with Crippen LogP contribution in [0.4, 0.5) is 4.39 Å². The van der Waals surface area contributed by atoms with Gasteiger partial charge in [0.25, 0.3) is 5.91 Å². The second-order valence-electron chi connectivity index (χ2n) is 4.97. The van der Waals surface area contributed by atoms with Gasteiger partial charge in [-0.3, -0.25) is 4.79 Å². The first-order valence-electron chi connectivity index (χ1n) is 6.63. The Kier molecular flexibility index (Phi) is 4.02. The molecule has 0 atom stereocenters. The summed E-state index contributed by atoms with van der Waals surface area (Å²) in [5.74, 6) is 0.669. The summed E-state index contributed by atoms with van der Waals surface area (Å²) in [6.45, 7) is 0.599. The number of hydrogen-bond acceptors (Lipinski definition) is 3. The van der Waals surface area contributed by atoms with Crippen LogP contribution in [0.15, 0.2) is 40.9 Å². The molecule has 0 bridgehead atoms. The third-order valence-electron chi connectivity index (χ3n) is 3.36. The maximum atomic E-state index is 13.3. The molecule has 1 aliphatic heterocycles. The van der Waals surface area contributed by atoms with Crippen LogP contribution in [0.3, 0.4) is 0 Å². The van der Waals surface area contributed by atoms with Gasteiger partial charge in [-0.2, -0.15) is 0 Å². The lowest BCUT2D eigenvalue weighted by atomic mass is 10.1. The van der Waals surface area contributed by atoms with E-state index in [1.807, 2.05) is 18.2 Å². The van der Waals surface area contributed by atoms with E-state index in [0.717, 1.165) is 5.56 Å². The molecule has 0 spiro atoms. The average Bonchev–Trinajstić information content (AvgIpc) is 2.96. The van der Waals surface area contributed by atoms with Crippen LogP contribution < -0.4 is 9.47 Å². The summed E-state index contributed by atoms with van der Waals surface area (Å²) in [7, 11) is 1.67. The van der Waals surface area contributed by atoms with Gasteiger partial charge in [-0.25, -0.2) is 4.39 Å². The number of fused-ring (bicyclic) bond motifs is 1. The van der Waals surface area contributed by atoms with Crippen molar-refractivity contribution in [2.75, 3.05) is 13.8 Å². The minimum absolute atomic E-state index is 0.212. The molecule has 0 radical (unpaired) electrons. The second-order valence-corrected chi connectivity index (χ2v) is 5.83. The molecule has 1 heterocycles. The Bertz CT molecular complexity index is 735. The Morgan fingerprint density at radius 3 is 2.82 bits per heavy atom. The molecule has 0 N–H and O–H groups in total. The predicted molar refractivity (Wildman–Crippen MR) is 82.5 cm³/mol. The molecule has 22 heavy (non-hydrogen) atoms. The summed E-state index contributed by atoms with van der Waals surface area (Å²) in [5, 5.41) is 0. The fourth-order valence-corrected chi connectivity index (χ4v) is 2.67. The zero-order chi connectivity index (χ0) is 15.7. The minimum Gasteiger partial charge on any atom is -0.454 e. The lowest BCUT2D eigenvalue weighted by molar-refractivity contribution is 0.0783. The first kappa shape index (κ1) is 14.8. The maximum Gasteiger partial charge on any atom is 0.255 e. The summed E-state index contributed by atoms with van der Waals surface area (Å²) in [6, 6.07) is 9.58. The van der Waals surface area contributed by atoms with E-state index >= 15 is 0 Å². The summed E-state index contributed by atoms with van der Waals surface area (Å²) < 4.78 is 24.5. The molecule has 0 saturated heterocycles. The summed E-state index contributed by atoms with van der Waals surface area (Å²) in [5.41, 5.74) is 1.20. The van der Waals surface area contributed by atoms with Gasteiger partial charge in [0.2, 0.25) is 6.79 Å². The van der Waals surface area contributed by atoms with Gasteiger partial charge in [-0.05, 0) is 51.8 Å². The predicted octanol–water partition coefficient (Wildman–Crippen LogP) is 3.59. The lowest BCUT2D eigenvalue weighted by Crippen LogP contribution is -2.26. The Hall–Kier alpha value is -2.08. The number of nitrogens with zero attached hydrogens (tertiary/aromatic N) is 1. The van der Waals surface area contributed by atoms with E-state index in [1.165, 1.54) is 23.1 Å². The molecule has 2 aromatic rings. The zero-order valence-electron chi connectivity index (χ0n) is 11.8. The van der Waals surface area contributed by atoms with Gasteiger partial charge >= 0.3 is 0 Å². The lowest BCUT2D eigenvalue weighted by Gasteiger charge is -2.18. The van der Waals surface area contributed by atoms with E-state index in [0.29, 0.717) is 28.1 Å². The van der Waals surface area contributed by atoms with Gasteiger partial charge in [0, 0.05) is 18.1 Å². The summed E-state index contributed by atoms with van der Waals surface area (Å²) in [4.78, 5) is 14.0. The van der Waals surface area contributed by atoms with Crippen LogP contribution in [0.2, 0.25) is 0 Å². The Morgan fingerprint density at radius 1 is 1.23 bits per heavy atom. The first-order valence-corrected chi connectivity index (χ1v) is 7.43. The third kappa shape index (κ3) is 2.92. The molecule has 0 aliphatic carbocycles. The van der Waals surface area contributed by atoms with Crippen LogP contribution in [-0.4, -0.2) is 24.6 Å². The number of amides is 1. The Labute approximate surface area is 135 Å². The normalized spacial score (nSPS) is 12.3. The Balaban J connectivity index is 1.77. The van der Waals surface area contributed by atoms with Crippen LogP contribution in [0.5, 0.6) is 11.5 Å². The molecule has 3 rings (SSSR count). The van der Waals surface area contributed by atoms with Crippen LogP contribution in [-0.2, 0) is 6.54 Å². The van der Waals surface area contributed by atoms with Crippen molar-refractivity contribution in [1.82, 2.24) is 4.90 Å². The van der Waals surface area contributed by atoms with Crippen molar-refractivity contribution < 1.29 is 18.7 Å². The quantitative estimate of drug-likeness (QED) is 0.834. The highest BCUT2D eigenvalue weighted by Gasteiger charge is 2.18. The monoisotopic (exact) mass is 365 g/mol. The number of benzene rings is 2. The SMILES string of the molecule is CN(Cc1ccc2c(c1)OCO2)C(=O)c1cc(F)ccc1Br. The van der Waals surface area contributed by atoms with Crippen molar-refractivity contribution in [2.24, 2.45) is 0 Å². The standard InChI is InChI=1S/C16H13BrFNO3/c1-19(16(20)12-7-11(18)3-4-13(12)17)8-10-2-5-14-15(6-10)22-9-21-14/h2-7H,8-9H2,1H3. The van der Waals surface area contributed by atoms with Crippen molar-refractivity contribution >= 4 is 21.8 Å². The third-order valence-corrected chi connectivity index (χ3v) is 4.05. The van der Waals surface area contributed by atoms with E-state index in [1.54, 1.807) is 7.05 Å². The topological polar surface area (TPSA) is 38.8 Å². The number of rotatable bonds is 3. The highest BCUT2D eigenvalue weighted by molar-refractivity contribution is 9.10. The van der Waals surface area contributed by atoms with Crippen LogP contribution in [0, 0.1) is 5.82 Å². The van der Waals surface area contributed by atoms with Gasteiger partial charge in [-0.15, -0.1) is 0 Å². The first-order chi connectivity index (χ1) is 10.5. The minimum atomic E-state index is -0.442. The molecule has 0 aromatic heterocycles. The van der Waals surface area contributed by atoms with Gasteiger partial charge in [0.15, 0.2) is 11.5 Å². The smallest absolute Gasteiger partial charge is 0.255 e. The van der Waals surface area contributed by atoms with Crippen molar-refractivity contribution in [1.29, 1.82) is 0 Å². The highest BCUT2D eigenvalue weighted by atomic mass is 79.9. The molecule has 1 amide bonds. The second kappa shape index (κ2) is 5.96. The van der Waals surface area contributed by atoms with Crippen molar-refractivity contribution in [3.63, 3.8) is 0 Å². The van der Waals surface area contributed by atoms with Gasteiger partial charge in [-0.1, -0.05) is 6.07 Å². The maximum absolute atomic E-state index is 13.3. The van der Waals surface area contributed by atoms with Gasteiger partial charge in [0.1, 0.15) is 5.82 Å². The van der Waals surface area contributed by atoms with E-state index in [4.69, 9.17) is 9.47 Å². The van der Waals surface area contributed by atoms with E-state index < -0.39 is 5.82 Å². The molecule has 0 saturated carbocycles. The number of carbonyl (C=O) groups excluding carboxylic acids is 1. The highest BCUT2D eigenvalue weighted by Crippen LogP contribution is 2.32. The van der Waals surface area contributed by atoms with Crippen LogP contribution >= 0.6 is 15.9 Å². The molecular formula is C16H13BrFNO3. The molecule has 0 fully saturated rings. The molecular weight excluding hydrogens is 353 g/mol. The van der Waals surface area contributed by atoms with E-state index in [9.17, 15) is 9.18 Å². The zero-order valence-corrected chi connectivity index (χ0v) is 13.4. The summed E-state index contributed by atoms with van der Waals surface area (Å²) in [6.07, 6.45) is 0. The fraction of sp³-hybridized carbons (Fsp3) is 0.188. The van der Waals surface area contributed by atoms with Crippen molar-refractivity contribution in [3.05, 3.63) is 57.8 Å². The molecule has 114 valence electrons. The Morgan fingerprint density at radius 2 is 2.00 bits per heavy atom. The van der Waals surface area contributed by atoms with Crippen molar-refractivity contribution in [2.45, 2.75) is 6.54 Å². The van der Waals surface area contributed by atoms with Gasteiger partial charge in [0.05, 0.1) is 5.56 Å². The number of ether oxygens (including phenoxy) is 2. The largest absolute Gasteiger partial charge is 0.454 e. The van der Waals surface area contributed by atoms with Gasteiger partial charge < -0.3 is 14.4 Å².